The Morgan fingerprint density at radius 3 is 2.28 bits per heavy atom. The van der Waals surface area contributed by atoms with Gasteiger partial charge in [0.2, 0.25) is 0 Å². The van der Waals surface area contributed by atoms with Gasteiger partial charge in [0, 0.05) is 12.0 Å². The lowest BCUT2D eigenvalue weighted by Crippen LogP contribution is -2.06. The minimum Gasteiger partial charge on any atom is -0.213 e. The molecule has 0 amide bonds. The first-order chi connectivity index (χ1) is 27.9. The summed E-state index contributed by atoms with van der Waals surface area (Å²) in [6, 6.07) is 22.7. The molecule has 0 atom stereocenters. The molecule has 1 heterocycles. The van der Waals surface area contributed by atoms with Gasteiger partial charge in [-0.3, -0.25) is 0 Å². The fourth-order valence-electron chi connectivity index (χ4n) is 7.36. The molecule has 0 fully saturated rings. The Kier molecular flexibility index (Phi) is 15.4. The Labute approximate surface area is 342 Å². The number of fused-ring (bicyclic) bond motifs is 2. The molecule has 0 unspecified atom stereocenters. The molecule has 290 valence electrons. The molecule has 4 aromatic carbocycles. The van der Waals surface area contributed by atoms with Crippen LogP contribution in [0.2, 0.25) is 0 Å². The number of aryl methyl sites for hydroxylation is 3. The molecule has 0 saturated heterocycles. The van der Waals surface area contributed by atoms with E-state index in [1.165, 1.54) is 60.9 Å². The molecule has 0 radical (unpaired) electrons. The van der Waals surface area contributed by atoms with Crippen LogP contribution in [0, 0.1) is 13.8 Å². The van der Waals surface area contributed by atoms with Crippen LogP contribution in [0.1, 0.15) is 111 Å². The van der Waals surface area contributed by atoms with Crippen molar-refractivity contribution in [2.45, 2.75) is 87.5 Å². The molecule has 2 aliphatic carbocycles. The molecule has 3 nitrogen and oxygen atoms in total. The standard InChI is InChI=1S/C50H47N3.2C2H6/c1-6-8-9-10-14-26-47-51-49(37-20-12-11-13-21-37)53-50(52-47)44-32-42(36(5)29-41-28-34(3)38(19-7-2)27-35(41)4)31-43(33-44)48-45-24-17-15-22-39(45)30-40-23-16-18-25-46(40)48;2*1-2/h6-12,14-15,17-20,22,24-25,27-33H,1,13,16,21,23,26H2,2-5H3;2*1-2H3/b9-8-,14-10-,19-7-,36-29+;;. The number of hydrogen-bond donors (Lipinski definition) is 0. The van der Waals surface area contributed by atoms with Crippen LogP contribution < -0.4 is 0 Å². The summed E-state index contributed by atoms with van der Waals surface area (Å²) in [5.41, 5.74) is 14.6. The van der Waals surface area contributed by atoms with Gasteiger partial charge in [-0.2, -0.15) is 0 Å². The fraction of sp³-hybridized carbons (Fsp3) is 0.241. The lowest BCUT2D eigenvalue weighted by Gasteiger charge is -2.20. The van der Waals surface area contributed by atoms with Gasteiger partial charge in [-0.1, -0.05) is 156 Å². The molecule has 2 aliphatic rings. The molecule has 0 saturated carbocycles. The molecule has 0 aliphatic heterocycles. The molecular weight excluding hydrogens is 691 g/mol. The molecule has 0 bridgehead atoms. The van der Waals surface area contributed by atoms with Crippen molar-refractivity contribution < 1.29 is 0 Å². The van der Waals surface area contributed by atoms with Crippen LogP contribution in [0.15, 0.2) is 128 Å². The van der Waals surface area contributed by atoms with Gasteiger partial charge in [-0.25, -0.2) is 15.0 Å². The molecule has 57 heavy (non-hydrogen) atoms. The summed E-state index contributed by atoms with van der Waals surface area (Å²) in [6.45, 7) is 20.5. The monoisotopic (exact) mass is 749 g/mol. The third-order valence-electron chi connectivity index (χ3n) is 10.1. The minimum absolute atomic E-state index is 0.599. The number of aromatic nitrogens is 3. The second-order valence-electron chi connectivity index (χ2n) is 14.0. The highest BCUT2D eigenvalue weighted by Gasteiger charge is 2.19. The third kappa shape index (κ3) is 10.3. The molecule has 0 spiro atoms. The van der Waals surface area contributed by atoms with Gasteiger partial charge in [-0.15, -0.1) is 0 Å². The van der Waals surface area contributed by atoms with Gasteiger partial charge in [0.15, 0.2) is 11.6 Å². The summed E-state index contributed by atoms with van der Waals surface area (Å²) in [5.74, 6) is 2.20. The molecule has 5 aromatic rings. The van der Waals surface area contributed by atoms with Crippen molar-refractivity contribution in [1.29, 1.82) is 0 Å². The van der Waals surface area contributed by atoms with E-state index in [-0.39, 0.29) is 0 Å². The van der Waals surface area contributed by atoms with Crippen molar-refractivity contribution in [2.24, 2.45) is 0 Å². The maximum atomic E-state index is 5.19. The normalized spacial score (nSPS) is 13.7. The highest BCUT2D eigenvalue weighted by Crippen LogP contribution is 2.40. The zero-order valence-electron chi connectivity index (χ0n) is 35.4. The minimum atomic E-state index is 0.599. The van der Waals surface area contributed by atoms with E-state index in [2.05, 4.69) is 150 Å². The van der Waals surface area contributed by atoms with Crippen LogP contribution in [0.3, 0.4) is 0 Å². The summed E-state index contributed by atoms with van der Waals surface area (Å²) < 4.78 is 0. The molecule has 7 rings (SSSR count). The lowest BCUT2D eigenvalue weighted by molar-refractivity contribution is 0.904. The average molecular weight is 750 g/mol. The predicted octanol–water partition coefficient (Wildman–Crippen LogP) is 15.2. The van der Waals surface area contributed by atoms with Gasteiger partial charge in [0.1, 0.15) is 5.82 Å². The first-order valence-corrected chi connectivity index (χ1v) is 20.8. The molecular formula is C54H59N3. The Hall–Kier alpha value is -5.93. The van der Waals surface area contributed by atoms with E-state index in [9.17, 15) is 0 Å². The zero-order chi connectivity index (χ0) is 40.7. The van der Waals surface area contributed by atoms with Crippen molar-refractivity contribution in [3.05, 3.63) is 179 Å². The second-order valence-corrected chi connectivity index (χ2v) is 14.0. The summed E-state index contributed by atoms with van der Waals surface area (Å²) in [7, 11) is 0. The Bertz CT molecular complexity index is 2430. The number of nitrogens with zero attached hydrogens (tertiary/aromatic N) is 3. The van der Waals surface area contributed by atoms with Gasteiger partial charge >= 0.3 is 0 Å². The van der Waals surface area contributed by atoms with E-state index in [4.69, 9.17) is 15.0 Å². The van der Waals surface area contributed by atoms with E-state index >= 15 is 0 Å². The maximum Gasteiger partial charge on any atom is 0.163 e. The quantitative estimate of drug-likeness (QED) is 0.105. The summed E-state index contributed by atoms with van der Waals surface area (Å²) in [5, 5.41) is 2.52. The van der Waals surface area contributed by atoms with E-state index in [1.54, 1.807) is 6.08 Å². The zero-order valence-corrected chi connectivity index (χ0v) is 35.4. The largest absolute Gasteiger partial charge is 0.213 e. The van der Waals surface area contributed by atoms with Crippen molar-refractivity contribution >= 4 is 40.1 Å². The number of rotatable bonds is 10. The predicted molar refractivity (Wildman–Crippen MR) is 251 cm³/mol. The van der Waals surface area contributed by atoms with Crippen molar-refractivity contribution in [3.63, 3.8) is 0 Å². The first-order valence-electron chi connectivity index (χ1n) is 20.8. The smallest absolute Gasteiger partial charge is 0.163 e. The van der Waals surface area contributed by atoms with E-state index in [1.807, 2.05) is 45.9 Å². The summed E-state index contributed by atoms with van der Waals surface area (Å²) in [6.07, 6.45) is 32.1. The number of hydrogen-bond acceptors (Lipinski definition) is 3. The van der Waals surface area contributed by atoms with Crippen molar-refractivity contribution in [3.8, 4) is 22.5 Å². The van der Waals surface area contributed by atoms with Crippen LogP contribution in [0.25, 0.3) is 62.7 Å². The summed E-state index contributed by atoms with van der Waals surface area (Å²) in [4.78, 5) is 15.3. The van der Waals surface area contributed by atoms with Crippen LogP contribution in [-0.2, 0) is 12.8 Å². The van der Waals surface area contributed by atoms with Gasteiger partial charge in [-0.05, 0) is 144 Å². The molecule has 3 heteroatoms. The lowest BCUT2D eigenvalue weighted by atomic mass is 9.84. The van der Waals surface area contributed by atoms with E-state index in [0.717, 1.165) is 54.0 Å². The second kappa shape index (κ2) is 20.8. The van der Waals surface area contributed by atoms with Gasteiger partial charge in [0.05, 0.1) is 0 Å². The van der Waals surface area contributed by atoms with Crippen LogP contribution in [0.5, 0.6) is 0 Å². The number of benzene rings is 4. The Morgan fingerprint density at radius 1 is 0.772 bits per heavy atom. The Balaban J connectivity index is 0.00000150. The number of allylic oxidation sites excluding steroid dienone is 12. The fourth-order valence-corrected chi connectivity index (χ4v) is 7.36. The molecule has 0 N–H and O–H groups in total. The maximum absolute atomic E-state index is 5.19. The van der Waals surface area contributed by atoms with Crippen molar-refractivity contribution in [2.75, 3.05) is 0 Å². The molecule has 1 aromatic heterocycles. The Morgan fingerprint density at radius 2 is 1.51 bits per heavy atom. The van der Waals surface area contributed by atoms with Gasteiger partial charge in [0.25, 0.3) is 0 Å². The van der Waals surface area contributed by atoms with Crippen LogP contribution in [0.4, 0.5) is 0 Å². The third-order valence-corrected chi connectivity index (χ3v) is 10.1. The van der Waals surface area contributed by atoms with Crippen molar-refractivity contribution in [1.82, 2.24) is 15.0 Å². The summed E-state index contributed by atoms with van der Waals surface area (Å²) >= 11 is 0. The van der Waals surface area contributed by atoms with Gasteiger partial charge < -0.3 is 0 Å². The highest BCUT2D eigenvalue weighted by molar-refractivity contribution is 6.03. The highest BCUT2D eigenvalue weighted by atomic mass is 15.0. The SMILES string of the molecule is C=C/C=C\C=C/Cc1nc(C2=CC=CCC2)nc(-c2cc(/C(C)=C/c3cc(C)c(/C=C\C)cc3C)cc(-c3c4c(cc5ccccc35)CCC=C4)c2)n1.CC.CC. The van der Waals surface area contributed by atoms with Crippen LogP contribution >= 0.6 is 0 Å². The average Bonchev–Trinajstić information content (AvgIpc) is 3.26. The van der Waals surface area contributed by atoms with E-state index in [0.29, 0.717) is 12.2 Å². The first kappa shape index (κ1) is 42.2. The van der Waals surface area contributed by atoms with Crippen LogP contribution in [-0.4, -0.2) is 15.0 Å². The topological polar surface area (TPSA) is 38.7 Å². The van der Waals surface area contributed by atoms with E-state index < -0.39 is 0 Å².